The summed E-state index contributed by atoms with van der Waals surface area (Å²) in [4.78, 5) is 23.2. The Bertz CT molecular complexity index is 989. The van der Waals surface area contributed by atoms with Crippen molar-refractivity contribution in [3.8, 4) is 0 Å². The van der Waals surface area contributed by atoms with Crippen molar-refractivity contribution in [2.45, 2.75) is 31.1 Å². The van der Waals surface area contributed by atoms with Crippen LogP contribution in [0.15, 0.2) is 47.4 Å². The van der Waals surface area contributed by atoms with E-state index >= 15 is 0 Å². The van der Waals surface area contributed by atoms with Crippen LogP contribution >= 0.6 is 23.1 Å². The van der Waals surface area contributed by atoms with Crippen LogP contribution in [-0.2, 0) is 11.2 Å². The molecule has 0 unspecified atom stereocenters. The molecule has 0 spiro atoms. The van der Waals surface area contributed by atoms with Crippen LogP contribution in [0.4, 0.5) is 5.13 Å². The Balaban J connectivity index is 1.39. The van der Waals surface area contributed by atoms with E-state index in [0.717, 1.165) is 42.4 Å². The number of para-hydroxylation sites is 1. The van der Waals surface area contributed by atoms with E-state index in [0.29, 0.717) is 12.3 Å². The van der Waals surface area contributed by atoms with E-state index in [1.54, 1.807) is 23.1 Å². The number of carbonyl (C=O) groups is 1. The molecule has 6 heteroatoms. The maximum atomic E-state index is 12.7. The van der Waals surface area contributed by atoms with Crippen LogP contribution in [0.25, 0.3) is 10.2 Å². The molecule has 1 fully saturated rings. The Morgan fingerprint density at radius 3 is 2.48 bits per heavy atom. The highest BCUT2D eigenvalue weighted by molar-refractivity contribution is 7.98. The topological polar surface area (TPSA) is 36.4 Å². The fourth-order valence-corrected chi connectivity index (χ4v) is 5.20. The van der Waals surface area contributed by atoms with Crippen LogP contribution in [-0.4, -0.2) is 48.2 Å². The summed E-state index contributed by atoms with van der Waals surface area (Å²) in [6.07, 6.45) is 2.54. The van der Waals surface area contributed by atoms with Gasteiger partial charge in [-0.05, 0) is 41.5 Å². The lowest BCUT2D eigenvalue weighted by Gasteiger charge is -2.34. The van der Waals surface area contributed by atoms with Gasteiger partial charge in [0, 0.05) is 31.1 Å². The first-order valence-corrected chi connectivity index (χ1v) is 12.1. The SMILES string of the molecule is CSc1ccc(CC(=O)N2CCN(c3nc4c(C(C)C)cccc4s3)CC2)cc1. The van der Waals surface area contributed by atoms with Crippen molar-refractivity contribution in [3.05, 3.63) is 53.6 Å². The molecule has 29 heavy (non-hydrogen) atoms. The summed E-state index contributed by atoms with van der Waals surface area (Å²) in [5.41, 5.74) is 3.53. The normalized spacial score (nSPS) is 14.8. The van der Waals surface area contributed by atoms with Crippen LogP contribution in [0.1, 0.15) is 30.9 Å². The van der Waals surface area contributed by atoms with E-state index in [4.69, 9.17) is 4.98 Å². The van der Waals surface area contributed by atoms with Crippen molar-refractivity contribution in [1.82, 2.24) is 9.88 Å². The molecule has 0 bridgehead atoms. The Morgan fingerprint density at radius 2 is 1.83 bits per heavy atom. The molecular formula is C23H27N3OS2. The lowest BCUT2D eigenvalue weighted by Crippen LogP contribution is -2.49. The minimum Gasteiger partial charge on any atom is -0.345 e. The first kappa shape index (κ1) is 20.2. The van der Waals surface area contributed by atoms with Crippen LogP contribution < -0.4 is 4.90 Å². The predicted octanol–water partition coefficient (Wildman–Crippen LogP) is 5.03. The van der Waals surface area contributed by atoms with Crippen LogP contribution in [0.3, 0.4) is 0 Å². The third kappa shape index (κ3) is 4.43. The molecule has 0 saturated carbocycles. The number of rotatable bonds is 5. The summed E-state index contributed by atoms with van der Waals surface area (Å²) >= 11 is 3.48. The van der Waals surface area contributed by atoms with E-state index in [2.05, 4.69) is 67.5 Å². The summed E-state index contributed by atoms with van der Waals surface area (Å²) < 4.78 is 1.25. The highest BCUT2D eigenvalue weighted by Gasteiger charge is 2.23. The molecule has 2 heterocycles. The number of thioether (sulfide) groups is 1. The number of piperazine rings is 1. The van der Waals surface area contributed by atoms with Gasteiger partial charge in [-0.15, -0.1) is 11.8 Å². The summed E-state index contributed by atoms with van der Waals surface area (Å²) in [5, 5.41) is 1.08. The third-order valence-electron chi connectivity index (χ3n) is 5.48. The quantitative estimate of drug-likeness (QED) is 0.537. The zero-order chi connectivity index (χ0) is 20.4. The smallest absolute Gasteiger partial charge is 0.227 e. The molecule has 4 rings (SSSR count). The predicted molar refractivity (Wildman–Crippen MR) is 124 cm³/mol. The second-order valence-electron chi connectivity index (χ2n) is 7.74. The maximum absolute atomic E-state index is 12.7. The first-order valence-electron chi connectivity index (χ1n) is 10.1. The van der Waals surface area contributed by atoms with Crippen LogP contribution in [0, 0.1) is 0 Å². The molecular weight excluding hydrogens is 398 g/mol. The van der Waals surface area contributed by atoms with Gasteiger partial charge < -0.3 is 9.80 Å². The minimum absolute atomic E-state index is 0.216. The molecule has 1 aromatic heterocycles. The van der Waals surface area contributed by atoms with E-state index in [1.165, 1.54) is 15.2 Å². The number of anilines is 1. The van der Waals surface area contributed by atoms with Gasteiger partial charge in [-0.3, -0.25) is 4.79 Å². The number of fused-ring (bicyclic) bond motifs is 1. The summed E-state index contributed by atoms with van der Waals surface area (Å²) in [6, 6.07) is 14.8. The van der Waals surface area contributed by atoms with Gasteiger partial charge in [-0.1, -0.05) is 49.4 Å². The molecule has 2 aromatic carbocycles. The largest absolute Gasteiger partial charge is 0.345 e. The number of aromatic nitrogens is 1. The molecule has 1 saturated heterocycles. The Morgan fingerprint density at radius 1 is 1.10 bits per heavy atom. The molecule has 0 N–H and O–H groups in total. The monoisotopic (exact) mass is 425 g/mol. The Labute approximate surface area is 180 Å². The lowest BCUT2D eigenvalue weighted by molar-refractivity contribution is -0.130. The molecule has 0 atom stereocenters. The second-order valence-corrected chi connectivity index (χ2v) is 9.63. The summed E-state index contributed by atoms with van der Waals surface area (Å²) in [6.45, 7) is 7.63. The molecule has 0 aliphatic carbocycles. The molecule has 1 amide bonds. The van der Waals surface area contributed by atoms with Gasteiger partial charge in [-0.2, -0.15) is 0 Å². The van der Waals surface area contributed by atoms with Gasteiger partial charge in [0.2, 0.25) is 5.91 Å². The van der Waals surface area contributed by atoms with Crippen LogP contribution in [0.2, 0.25) is 0 Å². The van der Waals surface area contributed by atoms with Gasteiger partial charge >= 0.3 is 0 Å². The second kappa shape index (κ2) is 8.76. The van der Waals surface area contributed by atoms with Crippen molar-refractivity contribution in [1.29, 1.82) is 0 Å². The number of nitrogens with zero attached hydrogens (tertiary/aromatic N) is 3. The van der Waals surface area contributed by atoms with Crippen molar-refractivity contribution >= 4 is 44.4 Å². The standard InChI is InChI=1S/C23H27N3OS2/c1-16(2)19-5-4-6-20-22(19)24-23(29-20)26-13-11-25(12-14-26)21(27)15-17-7-9-18(28-3)10-8-17/h4-10,16H,11-15H2,1-3H3. The maximum Gasteiger partial charge on any atom is 0.227 e. The highest BCUT2D eigenvalue weighted by atomic mass is 32.2. The number of amides is 1. The fourth-order valence-electron chi connectivity index (χ4n) is 3.74. The van der Waals surface area contributed by atoms with Crippen molar-refractivity contribution in [2.24, 2.45) is 0 Å². The summed E-state index contributed by atoms with van der Waals surface area (Å²) in [5.74, 6) is 0.682. The van der Waals surface area contributed by atoms with Gasteiger partial charge in [0.05, 0.1) is 16.6 Å². The number of thiazole rings is 1. The zero-order valence-electron chi connectivity index (χ0n) is 17.2. The lowest BCUT2D eigenvalue weighted by atomic mass is 10.0. The van der Waals surface area contributed by atoms with Crippen molar-refractivity contribution in [3.63, 3.8) is 0 Å². The highest BCUT2D eigenvalue weighted by Crippen LogP contribution is 2.33. The number of hydrogen-bond acceptors (Lipinski definition) is 5. The van der Waals surface area contributed by atoms with E-state index in [9.17, 15) is 4.79 Å². The first-order chi connectivity index (χ1) is 14.0. The zero-order valence-corrected chi connectivity index (χ0v) is 18.9. The number of benzene rings is 2. The number of hydrogen-bond donors (Lipinski definition) is 0. The average Bonchev–Trinajstić information content (AvgIpc) is 3.18. The van der Waals surface area contributed by atoms with E-state index < -0.39 is 0 Å². The van der Waals surface area contributed by atoms with Gasteiger partial charge in [0.1, 0.15) is 0 Å². The molecule has 4 nitrogen and oxygen atoms in total. The minimum atomic E-state index is 0.216. The summed E-state index contributed by atoms with van der Waals surface area (Å²) in [7, 11) is 0. The molecule has 3 aromatic rings. The molecule has 152 valence electrons. The van der Waals surface area contributed by atoms with Crippen molar-refractivity contribution < 1.29 is 4.79 Å². The van der Waals surface area contributed by atoms with Gasteiger partial charge in [-0.25, -0.2) is 4.98 Å². The third-order valence-corrected chi connectivity index (χ3v) is 7.30. The van der Waals surface area contributed by atoms with Gasteiger partial charge in [0.25, 0.3) is 0 Å². The van der Waals surface area contributed by atoms with Gasteiger partial charge in [0.15, 0.2) is 5.13 Å². The fraction of sp³-hybridized carbons (Fsp3) is 0.391. The van der Waals surface area contributed by atoms with E-state index in [1.807, 2.05) is 4.90 Å². The molecule has 1 aliphatic heterocycles. The molecule has 0 radical (unpaired) electrons. The van der Waals surface area contributed by atoms with E-state index in [-0.39, 0.29) is 5.91 Å². The Kier molecular flexibility index (Phi) is 6.11. The average molecular weight is 426 g/mol. The molecule has 1 aliphatic rings. The van der Waals surface area contributed by atoms with Crippen molar-refractivity contribution in [2.75, 3.05) is 37.3 Å². The van der Waals surface area contributed by atoms with Crippen LogP contribution in [0.5, 0.6) is 0 Å². The number of carbonyl (C=O) groups excluding carboxylic acids is 1. The Hall–Kier alpha value is -2.05.